The van der Waals surface area contributed by atoms with Gasteiger partial charge < -0.3 is 4.74 Å². The number of nitrogens with zero attached hydrogens (tertiary/aromatic N) is 1. The molecule has 0 spiro atoms. The van der Waals surface area contributed by atoms with Gasteiger partial charge in [-0.2, -0.15) is 0 Å². The summed E-state index contributed by atoms with van der Waals surface area (Å²) in [6.45, 7) is 1.53. The van der Waals surface area contributed by atoms with Crippen molar-refractivity contribution in [1.82, 2.24) is 0 Å². The Morgan fingerprint density at radius 2 is 1.81 bits per heavy atom. The highest BCUT2D eigenvalue weighted by atomic mass is 79.9. The number of amides is 2. The first-order valence-electron chi connectivity index (χ1n) is 9.97. The molecule has 2 amide bonds. The number of carbonyl (C=O) groups is 4. The van der Waals surface area contributed by atoms with Crippen LogP contribution in [0, 0.1) is 17.8 Å². The molecule has 1 heterocycles. The number of allylic oxidation sites excluding steroid dienone is 2. The molecule has 1 aliphatic carbocycles. The maximum Gasteiger partial charge on any atom is 0.338 e. The normalized spacial score (nSPS) is 22.4. The van der Waals surface area contributed by atoms with Crippen molar-refractivity contribution in [3.8, 4) is 0 Å². The van der Waals surface area contributed by atoms with Crippen LogP contribution in [0.2, 0.25) is 0 Å². The molecule has 3 atom stereocenters. The minimum Gasteiger partial charge on any atom is -0.454 e. The fraction of sp³-hybridized carbons (Fsp3) is 0.250. The van der Waals surface area contributed by atoms with E-state index < -0.39 is 12.6 Å². The number of rotatable bonds is 5. The highest BCUT2D eigenvalue weighted by Crippen LogP contribution is 2.40. The Kier molecular flexibility index (Phi) is 5.87. The van der Waals surface area contributed by atoms with Crippen molar-refractivity contribution in [3.63, 3.8) is 0 Å². The van der Waals surface area contributed by atoms with E-state index in [0.717, 1.165) is 4.47 Å². The Morgan fingerprint density at radius 1 is 1.06 bits per heavy atom. The van der Waals surface area contributed by atoms with E-state index in [4.69, 9.17) is 4.74 Å². The number of carbonyl (C=O) groups excluding carboxylic acids is 4. The molecule has 31 heavy (non-hydrogen) atoms. The van der Waals surface area contributed by atoms with Gasteiger partial charge in [-0.15, -0.1) is 0 Å². The Morgan fingerprint density at radius 3 is 2.52 bits per heavy atom. The van der Waals surface area contributed by atoms with Gasteiger partial charge in [0.1, 0.15) is 0 Å². The number of Topliss-reactive ketones (excluding diaryl/α,β-unsaturated/α-hetero) is 1. The number of hydrogen-bond donors (Lipinski definition) is 0. The van der Waals surface area contributed by atoms with Gasteiger partial charge in [0.2, 0.25) is 11.8 Å². The monoisotopic (exact) mass is 481 g/mol. The standard InChI is InChI=1S/C24H20BrNO5/c1-14-4-2-7-19-21(14)23(29)26(22(19)28)18-6-3-5-16(12-18)24(30)31-13-20(27)15-8-10-17(25)11-9-15/h2-6,8-12,14,19,21H,7,13H2,1H3/t14-,19+,21+/m1/s1. The zero-order chi connectivity index (χ0) is 22.1. The molecule has 0 radical (unpaired) electrons. The molecular weight excluding hydrogens is 462 g/mol. The summed E-state index contributed by atoms with van der Waals surface area (Å²) in [6.07, 6.45) is 4.44. The number of ketones is 1. The van der Waals surface area contributed by atoms with Gasteiger partial charge in [0.15, 0.2) is 12.4 Å². The van der Waals surface area contributed by atoms with Crippen LogP contribution in [-0.2, 0) is 14.3 Å². The highest BCUT2D eigenvalue weighted by molar-refractivity contribution is 9.10. The van der Waals surface area contributed by atoms with Crippen molar-refractivity contribution in [3.05, 3.63) is 76.3 Å². The minimum atomic E-state index is -0.696. The quantitative estimate of drug-likeness (QED) is 0.276. The van der Waals surface area contributed by atoms with Gasteiger partial charge in [-0.3, -0.25) is 19.3 Å². The summed E-state index contributed by atoms with van der Waals surface area (Å²) in [6, 6.07) is 12.9. The molecule has 2 aromatic rings. The van der Waals surface area contributed by atoms with E-state index in [1.807, 2.05) is 19.1 Å². The molecule has 0 unspecified atom stereocenters. The van der Waals surface area contributed by atoms with Crippen molar-refractivity contribution in [2.45, 2.75) is 13.3 Å². The van der Waals surface area contributed by atoms with Crippen LogP contribution in [0.5, 0.6) is 0 Å². The Hall–Kier alpha value is -3.06. The van der Waals surface area contributed by atoms with Gasteiger partial charge >= 0.3 is 5.97 Å². The molecular formula is C24H20BrNO5. The van der Waals surface area contributed by atoms with Crippen LogP contribution in [-0.4, -0.2) is 30.2 Å². The second kappa shape index (κ2) is 8.59. The lowest BCUT2D eigenvalue weighted by molar-refractivity contribution is -0.122. The molecule has 0 bridgehead atoms. The number of hydrogen-bond acceptors (Lipinski definition) is 5. The molecule has 6 nitrogen and oxygen atoms in total. The molecule has 1 aliphatic heterocycles. The number of esters is 1. The minimum absolute atomic E-state index is 0.0158. The van der Waals surface area contributed by atoms with Crippen LogP contribution < -0.4 is 4.90 Å². The van der Waals surface area contributed by atoms with Crippen molar-refractivity contribution in [1.29, 1.82) is 0 Å². The number of ether oxygens (including phenoxy) is 1. The molecule has 2 aromatic carbocycles. The molecule has 7 heteroatoms. The molecule has 0 saturated carbocycles. The molecule has 0 aromatic heterocycles. The van der Waals surface area contributed by atoms with E-state index in [0.29, 0.717) is 17.7 Å². The van der Waals surface area contributed by atoms with Gasteiger partial charge in [0, 0.05) is 10.0 Å². The van der Waals surface area contributed by atoms with E-state index in [2.05, 4.69) is 15.9 Å². The number of imide groups is 1. The Balaban J connectivity index is 1.47. The first kappa shape index (κ1) is 21.2. The van der Waals surface area contributed by atoms with Gasteiger partial charge in [-0.25, -0.2) is 4.79 Å². The number of benzene rings is 2. The van der Waals surface area contributed by atoms with Gasteiger partial charge in [-0.05, 0) is 42.7 Å². The lowest BCUT2D eigenvalue weighted by Gasteiger charge is -2.22. The smallest absolute Gasteiger partial charge is 0.338 e. The third kappa shape index (κ3) is 4.10. The van der Waals surface area contributed by atoms with Crippen LogP contribution in [0.4, 0.5) is 5.69 Å². The molecule has 158 valence electrons. The third-order valence-electron chi connectivity index (χ3n) is 5.71. The molecule has 1 saturated heterocycles. The predicted molar refractivity (Wildman–Crippen MR) is 118 cm³/mol. The zero-order valence-electron chi connectivity index (χ0n) is 16.8. The predicted octanol–water partition coefficient (Wildman–Crippen LogP) is 4.19. The largest absolute Gasteiger partial charge is 0.454 e. The van der Waals surface area contributed by atoms with Gasteiger partial charge in [0.25, 0.3) is 0 Å². The maximum absolute atomic E-state index is 12.9. The number of halogens is 1. The summed E-state index contributed by atoms with van der Waals surface area (Å²) >= 11 is 3.30. The molecule has 1 fully saturated rings. The SMILES string of the molecule is C[C@@H]1C=CC[C@@H]2C(=O)N(c3cccc(C(=O)OCC(=O)c4ccc(Br)cc4)c3)C(=O)[C@@H]12. The summed E-state index contributed by atoms with van der Waals surface area (Å²) in [5, 5.41) is 0. The van der Waals surface area contributed by atoms with E-state index in [1.54, 1.807) is 36.4 Å². The number of fused-ring (bicyclic) bond motifs is 1. The first-order valence-corrected chi connectivity index (χ1v) is 10.8. The lowest BCUT2D eigenvalue weighted by atomic mass is 9.78. The van der Waals surface area contributed by atoms with Crippen molar-refractivity contribution < 1.29 is 23.9 Å². The number of anilines is 1. The average Bonchev–Trinajstić information content (AvgIpc) is 3.03. The van der Waals surface area contributed by atoms with E-state index in [-0.39, 0.29) is 40.9 Å². The Bertz CT molecular complexity index is 1090. The summed E-state index contributed by atoms with van der Waals surface area (Å²) in [4.78, 5) is 51.7. The summed E-state index contributed by atoms with van der Waals surface area (Å²) in [5.41, 5.74) is 0.941. The maximum atomic E-state index is 12.9. The van der Waals surface area contributed by atoms with E-state index in [9.17, 15) is 19.2 Å². The van der Waals surface area contributed by atoms with Gasteiger partial charge in [0.05, 0.1) is 23.1 Å². The van der Waals surface area contributed by atoms with Gasteiger partial charge in [-0.1, -0.05) is 53.2 Å². The highest BCUT2D eigenvalue weighted by Gasteiger charge is 2.50. The topological polar surface area (TPSA) is 80.8 Å². The summed E-state index contributed by atoms with van der Waals surface area (Å²) in [7, 11) is 0. The van der Waals surface area contributed by atoms with Crippen LogP contribution in [0.15, 0.2) is 65.2 Å². The fourth-order valence-corrected chi connectivity index (χ4v) is 4.37. The third-order valence-corrected chi connectivity index (χ3v) is 6.24. The zero-order valence-corrected chi connectivity index (χ0v) is 18.4. The molecule has 2 aliphatic rings. The first-order chi connectivity index (χ1) is 14.9. The second-order valence-electron chi connectivity index (χ2n) is 7.72. The van der Waals surface area contributed by atoms with Crippen molar-refractivity contribution in [2.24, 2.45) is 17.8 Å². The van der Waals surface area contributed by atoms with E-state index in [1.165, 1.54) is 17.0 Å². The van der Waals surface area contributed by atoms with E-state index >= 15 is 0 Å². The average molecular weight is 482 g/mol. The summed E-state index contributed by atoms with van der Waals surface area (Å²) in [5.74, 6) is -2.28. The van der Waals surface area contributed by atoms with Crippen molar-refractivity contribution >= 4 is 45.2 Å². The van der Waals surface area contributed by atoms with Crippen LogP contribution in [0.1, 0.15) is 34.1 Å². The molecule has 0 N–H and O–H groups in total. The van der Waals surface area contributed by atoms with Crippen LogP contribution in [0.25, 0.3) is 0 Å². The Labute approximate surface area is 188 Å². The fourth-order valence-electron chi connectivity index (χ4n) is 4.11. The summed E-state index contributed by atoms with van der Waals surface area (Å²) < 4.78 is 6.00. The second-order valence-corrected chi connectivity index (χ2v) is 8.64. The van der Waals surface area contributed by atoms with Crippen molar-refractivity contribution in [2.75, 3.05) is 11.5 Å². The molecule has 4 rings (SSSR count). The van der Waals surface area contributed by atoms with Crippen LogP contribution >= 0.6 is 15.9 Å². The van der Waals surface area contributed by atoms with Crippen LogP contribution in [0.3, 0.4) is 0 Å². The lowest BCUT2D eigenvalue weighted by Crippen LogP contribution is -2.31.